The molecule has 3 rings (SSSR count). The van der Waals surface area contributed by atoms with Crippen molar-refractivity contribution >= 4 is 0 Å². The predicted molar refractivity (Wildman–Crippen MR) is 80.6 cm³/mol. The van der Waals surface area contributed by atoms with E-state index in [1.165, 1.54) is 24.8 Å². The van der Waals surface area contributed by atoms with Crippen LogP contribution in [-0.2, 0) is 6.42 Å². The van der Waals surface area contributed by atoms with Crippen LogP contribution in [0.5, 0.6) is 11.5 Å². The van der Waals surface area contributed by atoms with Gasteiger partial charge in [-0.3, -0.25) is 0 Å². The van der Waals surface area contributed by atoms with E-state index in [4.69, 9.17) is 9.47 Å². The zero-order valence-electron chi connectivity index (χ0n) is 12.6. The zero-order valence-corrected chi connectivity index (χ0v) is 12.6. The molecule has 2 aliphatic heterocycles. The molecule has 0 aromatic heterocycles. The van der Waals surface area contributed by atoms with Crippen LogP contribution in [0, 0.1) is 0 Å². The highest BCUT2D eigenvalue weighted by molar-refractivity contribution is 5.50. The van der Waals surface area contributed by atoms with E-state index in [-0.39, 0.29) is 5.60 Å². The lowest BCUT2D eigenvalue weighted by Gasteiger charge is -2.23. The molecule has 1 fully saturated rings. The first-order chi connectivity index (χ1) is 9.64. The van der Waals surface area contributed by atoms with Gasteiger partial charge in [-0.15, -0.1) is 0 Å². The molecule has 20 heavy (non-hydrogen) atoms. The smallest absolute Gasteiger partial charge is 0.165 e. The van der Waals surface area contributed by atoms with Crippen LogP contribution in [0.1, 0.15) is 45.1 Å². The van der Waals surface area contributed by atoms with Gasteiger partial charge in [-0.2, -0.15) is 0 Å². The lowest BCUT2D eigenvalue weighted by Crippen LogP contribution is -2.35. The average Bonchev–Trinajstić information content (AvgIpc) is 2.75. The van der Waals surface area contributed by atoms with Crippen LogP contribution < -0.4 is 14.8 Å². The summed E-state index contributed by atoms with van der Waals surface area (Å²) in [5, 5.41) is 3.56. The summed E-state index contributed by atoms with van der Waals surface area (Å²) in [7, 11) is 0. The molecule has 110 valence electrons. The molecule has 1 N–H and O–H groups in total. The second-order valence-electron chi connectivity index (χ2n) is 6.57. The third kappa shape index (κ3) is 3.09. The Morgan fingerprint density at radius 2 is 2.25 bits per heavy atom. The van der Waals surface area contributed by atoms with Gasteiger partial charge >= 0.3 is 0 Å². The van der Waals surface area contributed by atoms with E-state index in [2.05, 4.69) is 31.3 Å². The fraction of sp³-hybridized carbons (Fsp3) is 0.647. The van der Waals surface area contributed by atoms with Crippen LogP contribution in [0.2, 0.25) is 0 Å². The van der Waals surface area contributed by atoms with Crippen molar-refractivity contribution in [3.8, 4) is 11.5 Å². The van der Waals surface area contributed by atoms with Crippen LogP contribution in [0.3, 0.4) is 0 Å². The standard InChI is InChI=1S/C17H25NO2/c1-17(2)12-13-6-5-8-15(16(13)20-17)19-11-9-14-7-3-4-10-18-14/h5-6,8,14,18H,3-4,7,9-12H2,1-2H3. The molecule has 2 aliphatic rings. The first kappa shape index (κ1) is 13.7. The number of nitrogens with one attached hydrogen (secondary N) is 1. The Labute approximate surface area is 121 Å². The molecule has 2 heterocycles. The number of para-hydroxylation sites is 1. The molecule has 0 amide bonds. The SMILES string of the molecule is CC1(C)Cc2cccc(OCCC3CCCCN3)c2O1. The Kier molecular flexibility index (Phi) is 3.88. The Morgan fingerprint density at radius 3 is 3.05 bits per heavy atom. The minimum Gasteiger partial charge on any atom is -0.490 e. The molecular formula is C17H25NO2. The molecule has 0 bridgehead atoms. The molecule has 1 atom stereocenters. The highest BCUT2D eigenvalue weighted by atomic mass is 16.5. The van der Waals surface area contributed by atoms with Crippen LogP contribution in [0.4, 0.5) is 0 Å². The fourth-order valence-electron chi connectivity index (χ4n) is 3.18. The highest BCUT2D eigenvalue weighted by Crippen LogP contribution is 2.41. The van der Waals surface area contributed by atoms with Gasteiger partial charge in [0.2, 0.25) is 0 Å². The van der Waals surface area contributed by atoms with Crippen LogP contribution >= 0.6 is 0 Å². The molecule has 0 radical (unpaired) electrons. The number of hydrogen-bond acceptors (Lipinski definition) is 3. The van der Waals surface area contributed by atoms with Crippen molar-refractivity contribution in [1.29, 1.82) is 0 Å². The summed E-state index contributed by atoms with van der Waals surface area (Å²) in [6, 6.07) is 6.85. The number of piperidine rings is 1. The summed E-state index contributed by atoms with van der Waals surface area (Å²) >= 11 is 0. The van der Waals surface area contributed by atoms with E-state index in [0.29, 0.717) is 6.04 Å². The Balaban J connectivity index is 1.57. The van der Waals surface area contributed by atoms with Crippen LogP contribution in [-0.4, -0.2) is 24.8 Å². The van der Waals surface area contributed by atoms with E-state index < -0.39 is 0 Å². The Bertz CT molecular complexity index is 464. The summed E-state index contributed by atoms with van der Waals surface area (Å²) in [5.41, 5.74) is 1.16. The maximum Gasteiger partial charge on any atom is 0.165 e. The molecule has 0 saturated carbocycles. The number of ether oxygens (including phenoxy) is 2. The van der Waals surface area contributed by atoms with E-state index in [9.17, 15) is 0 Å². The topological polar surface area (TPSA) is 30.5 Å². The van der Waals surface area contributed by atoms with Crippen molar-refractivity contribution in [3.05, 3.63) is 23.8 Å². The van der Waals surface area contributed by atoms with Crippen LogP contribution in [0.15, 0.2) is 18.2 Å². The number of benzene rings is 1. The second kappa shape index (κ2) is 5.65. The summed E-state index contributed by atoms with van der Waals surface area (Å²) in [4.78, 5) is 0. The third-order valence-electron chi connectivity index (χ3n) is 4.19. The van der Waals surface area contributed by atoms with E-state index in [1.807, 2.05) is 6.07 Å². The largest absolute Gasteiger partial charge is 0.490 e. The van der Waals surface area contributed by atoms with Gasteiger partial charge in [0.25, 0.3) is 0 Å². The van der Waals surface area contributed by atoms with Gasteiger partial charge in [0.15, 0.2) is 11.5 Å². The Hall–Kier alpha value is -1.22. The van der Waals surface area contributed by atoms with Gasteiger partial charge in [-0.05, 0) is 45.7 Å². The molecule has 0 spiro atoms. The third-order valence-corrected chi connectivity index (χ3v) is 4.19. The molecule has 0 aliphatic carbocycles. The van der Waals surface area contributed by atoms with Crippen molar-refractivity contribution in [2.24, 2.45) is 0 Å². The van der Waals surface area contributed by atoms with Crippen molar-refractivity contribution in [1.82, 2.24) is 5.32 Å². The number of fused-ring (bicyclic) bond motifs is 1. The van der Waals surface area contributed by atoms with E-state index in [0.717, 1.165) is 37.5 Å². The minimum absolute atomic E-state index is 0.104. The maximum atomic E-state index is 6.03. The minimum atomic E-state index is -0.104. The zero-order chi connectivity index (χ0) is 14.0. The summed E-state index contributed by atoms with van der Waals surface area (Å²) < 4.78 is 12.0. The van der Waals surface area contributed by atoms with Crippen molar-refractivity contribution in [2.75, 3.05) is 13.2 Å². The van der Waals surface area contributed by atoms with Gasteiger partial charge < -0.3 is 14.8 Å². The predicted octanol–water partition coefficient (Wildman–Crippen LogP) is 3.31. The quantitative estimate of drug-likeness (QED) is 0.914. The van der Waals surface area contributed by atoms with Gasteiger partial charge in [0.1, 0.15) is 5.60 Å². The lowest BCUT2D eigenvalue weighted by atomic mass is 10.0. The Morgan fingerprint density at radius 1 is 1.35 bits per heavy atom. The summed E-state index contributed by atoms with van der Waals surface area (Å²) in [6.45, 7) is 6.17. The normalized spacial score (nSPS) is 24.0. The van der Waals surface area contributed by atoms with Gasteiger partial charge in [0.05, 0.1) is 6.61 Å². The van der Waals surface area contributed by atoms with Crippen molar-refractivity contribution in [3.63, 3.8) is 0 Å². The van der Waals surface area contributed by atoms with Gasteiger partial charge in [-0.1, -0.05) is 18.6 Å². The molecule has 1 aromatic rings. The van der Waals surface area contributed by atoms with E-state index >= 15 is 0 Å². The summed E-state index contributed by atoms with van der Waals surface area (Å²) in [6.07, 6.45) is 5.97. The number of rotatable bonds is 4. The monoisotopic (exact) mass is 275 g/mol. The highest BCUT2D eigenvalue weighted by Gasteiger charge is 2.32. The summed E-state index contributed by atoms with van der Waals surface area (Å²) in [5.74, 6) is 1.86. The van der Waals surface area contributed by atoms with E-state index in [1.54, 1.807) is 0 Å². The lowest BCUT2D eigenvalue weighted by molar-refractivity contribution is 0.131. The molecule has 3 nitrogen and oxygen atoms in total. The maximum absolute atomic E-state index is 6.03. The fourth-order valence-corrected chi connectivity index (χ4v) is 3.18. The average molecular weight is 275 g/mol. The molecule has 1 saturated heterocycles. The first-order valence-electron chi connectivity index (χ1n) is 7.81. The molecule has 3 heteroatoms. The molecular weight excluding hydrogens is 250 g/mol. The van der Waals surface area contributed by atoms with Gasteiger partial charge in [-0.25, -0.2) is 0 Å². The van der Waals surface area contributed by atoms with Crippen molar-refractivity contribution in [2.45, 2.75) is 57.6 Å². The van der Waals surface area contributed by atoms with Crippen molar-refractivity contribution < 1.29 is 9.47 Å². The molecule has 1 unspecified atom stereocenters. The van der Waals surface area contributed by atoms with Crippen LogP contribution in [0.25, 0.3) is 0 Å². The number of hydrogen-bond donors (Lipinski definition) is 1. The first-order valence-corrected chi connectivity index (χ1v) is 7.81. The molecule has 1 aromatic carbocycles. The van der Waals surface area contributed by atoms with Gasteiger partial charge in [0, 0.05) is 18.0 Å². The second-order valence-corrected chi connectivity index (χ2v) is 6.57.